The summed E-state index contributed by atoms with van der Waals surface area (Å²) >= 11 is 0. The van der Waals surface area contributed by atoms with Crippen molar-refractivity contribution < 1.29 is 48.1 Å². The largest absolute Gasteiger partial charge is 0.481 e. The van der Waals surface area contributed by atoms with Crippen LogP contribution in [0.15, 0.2) is 60.8 Å². The summed E-state index contributed by atoms with van der Waals surface area (Å²) in [6, 6.07) is 11.2. The molecule has 0 aliphatic heterocycles. The molecule has 0 aliphatic carbocycles. The van der Waals surface area contributed by atoms with Crippen molar-refractivity contribution in [1.82, 2.24) is 25.4 Å². The second kappa shape index (κ2) is 19.8. The Hall–Kier alpha value is -5.15. The number of amides is 3. The molecule has 0 fully saturated rings. The first-order valence-electron chi connectivity index (χ1n) is 17.8. The highest BCUT2D eigenvalue weighted by Crippen LogP contribution is 2.41. The Morgan fingerprint density at radius 2 is 1.59 bits per heavy atom. The summed E-state index contributed by atoms with van der Waals surface area (Å²) in [5.41, 5.74) is 1.27. The molecular weight excluding hydrogens is 704 g/mol. The zero-order valence-corrected chi connectivity index (χ0v) is 31.3. The van der Waals surface area contributed by atoms with Gasteiger partial charge < -0.3 is 40.7 Å². The van der Waals surface area contributed by atoms with E-state index in [9.17, 15) is 38.6 Å². The molecule has 0 saturated carbocycles. The number of aliphatic hydroxyl groups is 1. The van der Waals surface area contributed by atoms with Crippen molar-refractivity contribution in [3.8, 4) is 11.1 Å². The van der Waals surface area contributed by atoms with E-state index in [1.165, 1.54) is 4.90 Å². The second-order valence-electron chi connectivity index (χ2n) is 14.5. The van der Waals surface area contributed by atoms with Crippen LogP contribution in [0.3, 0.4) is 0 Å². The monoisotopic (exact) mass is 755 g/mol. The van der Waals surface area contributed by atoms with Gasteiger partial charge in [0.05, 0.1) is 12.1 Å². The first-order valence-corrected chi connectivity index (χ1v) is 17.8. The first kappa shape index (κ1) is 43.3. The number of aliphatic carboxylic acids is 2. The maximum Gasteiger partial charge on any atom is 0.326 e. The number of nitrogens with zero attached hydrogens (tertiary/aromatic N) is 2. The second-order valence-corrected chi connectivity index (χ2v) is 14.5. The molecular formula is C39H51F2N5O8. The fraction of sp³-hybridized carbons (Fsp3) is 0.462. The van der Waals surface area contributed by atoms with Crippen LogP contribution in [0.2, 0.25) is 0 Å². The molecule has 0 bridgehead atoms. The number of aromatic nitrogens is 1. The predicted octanol–water partition coefficient (Wildman–Crippen LogP) is 4.09. The van der Waals surface area contributed by atoms with Crippen LogP contribution in [0.5, 0.6) is 0 Å². The number of aliphatic hydroxyl groups excluding tert-OH is 1. The van der Waals surface area contributed by atoms with Crippen molar-refractivity contribution in [3.63, 3.8) is 0 Å². The van der Waals surface area contributed by atoms with Gasteiger partial charge in [-0.05, 0) is 48.1 Å². The first-order chi connectivity index (χ1) is 25.4. The zero-order valence-electron chi connectivity index (χ0n) is 31.3. The Morgan fingerprint density at radius 3 is 2.19 bits per heavy atom. The number of carbonyl (C=O) groups is 5. The smallest absolute Gasteiger partial charge is 0.326 e. The summed E-state index contributed by atoms with van der Waals surface area (Å²) in [4.78, 5) is 63.3. The molecule has 0 saturated heterocycles. The fourth-order valence-electron chi connectivity index (χ4n) is 6.28. The molecule has 54 heavy (non-hydrogen) atoms. The lowest BCUT2D eigenvalue weighted by Crippen LogP contribution is -2.51. The van der Waals surface area contributed by atoms with Crippen molar-refractivity contribution >= 4 is 29.7 Å². The van der Waals surface area contributed by atoms with Crippen molar-refractivity contribution in [2.45, 2.75) is 91.0 Å². The Balaban J connectivity index is 1.91. The normalized spacial score (nSPS) is 13.2. The third kappa shape index (κ3) is 12.8. The number of halogens is 2. The molecule has 3 amide bonds. The van der Waals surface area contributed by atoms with Gasteiger partial charge in [-0.25, -0.2) is 13.6 Å². The fourth-order valence-corrected chi connectivity index (χ4v) is 6.28. The van der Waals surface area contributed by atoms with Crippen LogP contribution < -0.4 is 16.0 Å². The topological polar surface area (TPSA) is 190 Å². The number of carboxylic acids is 2. The third-order valence-electron chi connectivity index (χ3n) is 8.67. The highest BCUT2D eigenvalue weighted by molar-refractivity contribution is 5.85. The summed E-state index contributed by atoms with van der Waals surface area (Å²) in [6.45, 7) is 8.74. The van der Waals surface area contributed by atoms with E-state index in [1.807, 2.05) is 69.5 Å². The van der Waals surface area contributed by atoms with Crippen molar-refractivity contribution in [3.05, 3.63) is 83.7 Å². The molecule has 3 rings (SSSR count). The minimum atomic E-state index is -1.40. The minimum Gasteiger partial charge on any atom is -0.481 e. The van der Waals surface area contributed by atoms with Crippen LogP contribution in [0.25, 0.3) is 11.1 Å². The molecule has 294 valence electrons. The van der Waals surface area contributed by atoms with Gasteiger partial charge in [-0.2, -0.15) is 0 Å². The highest BCUT2D eigenvalue weighted by atomic mass is 19.1. The number of nitrogens with one attached hydrogen (secondary N) is 3. The maximum absolute atomic E-state index is 15.1. The van der Waals surface area contributed by atoms with Gasteiger partial charge in [-0.15, -0.1) is 0 Å². The van der Waals surface area contributed by atoms with Gasteiger partial charge in [0, 0.05) is 61.5 Å². The highest BCUT2D eigenvalue weighted by Gasteiger charge is 2.38. The molecule has 3 atom stereocenters. The quantitative estimate of drug-likeness (QED) is 0.0987. The Bertz CT molecular complexity index is 1760. The average Bonchev–Trinajstić information content (AvgIpc) is 3.49. The van der Waals surface area contributed by atoms with Gasteiger partial charge >= 0.3 is 11.9 Å². The van der Waals surface area contributed by atoms with E-state index in [2.05, 4.69) is 16.0 Å². The molecule has 3 unspecified atom stereocenters. The third-order valence-corrected chi connectivity index (χ3v) is 8.67. The van der Waals surface area contributed by atoms with Crippen molar-refractivity contribution in [2.24, 2.45) is 5.41 Å². The maximum atomic E-state index is 15.1. The summed E-state index contributed by atoms with van der Waals surface area (Å²) in [5, 5.41) is 36.5. The molecule has 1 heterocycles. The summed E-state index contributed by atoms with van der Waals surface area (Å²) < 4.78 is 31.3. The molecule has 2 aromatic carbocycles. The Morgan fingerprint density at radius 1 is 0.907 bits per heavy atom. The van der Waals surface area contributed by atoms with Crippen LogP contribution in [0.4, 0.5) is 8.78 Å². The molecule has 0 spiro atoms. The van der Waals surface area contributed by atoms with Gasteiger partial charge in [0.15, 0.2) is 0 Å². The Kier molecular flexibility index (Phi) is 15.9. The van der Waals surface area contributed by atoms with Gasteiger partial charge in [-0.3, -0.25) is 19.2 Å². The van der Waals surface area contributed by atoms with E-state index in [1.54, 1.807) is 12.3 Å². The molecule has 0 radical (unpaired) electrons. The summed E-state index contributed by atoms with van der Waals surface area (Å²) in [7, 11) is 0. The lowest BCUT2D eigenvalue weighted by atomic mass is 9.82. The van der Waals surface area contributed by atoms with Crippen LogP contribution in [-0.2, 0) is 30.5 Å². The van der Waals surface area contributed by atoms with Crippen LogP contribution >= 0.6 is 0 Å². The number of benzene rings is 2. The lowest BCUT2D eigenvalue weighted by molar-refractivity contribution is -0.143. The number of carboxylic acid groups (broad SMARTS) is 2. The Labute approximate surface area is 313 Å². The molecule has 6 N–H and O–H groups in total. The van der Waals surface area contributed by atoms with E-state index in [0.29, 0.717) is 17.8 Å². The number of rotatable bonds is 20. The van der Waals surface area contributed by atoms with Crippen LogP contribution in [-0.4, -0.2) is 92.3 Å². The van der Waals surface area contributed by atoms with Crippen LogP contribution in [0, 0.1) is 17.0 Å². The van der Waals surface area contributed by atoms with Gasteiger partial charge in [-0.1, -0.05) is 65.0 Å². The number of carbonyl (C=O) groups excluding carboxylic acids is 3. The van der Waals surface area contributed by atoms with E-state index in [0.717, 1.165) is 23.8 Å². The minimum absolute atomic E-state index is 0.0102. The molecule has 3 aromatic rings. The van der Waals surface area contributed by atoms with E-state index >= 15 is 4.39 Å². The van der Waals surface area contributed by atoms with Gasteiger partial charge in [0.1, 0.15) is 24.3 Å². The van der Waals surface area contributed by atoms with Crippen molar-refractivity contribution in [1.29, 1.82) is 0 Å². The van der Waals surface area contributed by atoms with Crippen LogP contribution in [0.1, 0.15) is 77.6 Å². The standard InChI is InChI=1S/C39H51F2N5O8/c1-24(2)43-30(37(52)42-17-15-33(48)44-31(38(53)54)13-14-35(50)51)16-18-46(34(49)23-47)36(39(3,4)5)32-19-26(28-20-27(40)11-12-29(28)41)22-45(32)21-25-9-7-6-8-10-25/h6-12,19-20,22,24,30-31,36,43,47H,13-18,21,23H2,1-5H3,(H,42,52)(H,44,48)(H,50,51)(H,53,54). The number of hydrogen-bond acceptors (Lipinski definition) is 7. The SMILES string of the molecule is CC(C)NC(CCN(C(=O)CO)C(c1cc(-c2cc(F)ccc2F)cn1Cc1ccccc1)C(C)(C)C)C(=O)NCCC(=O)NC(CCC(=O)O)C(=O)O. The van der Waals surface area contributed by atoms with Gasteiger partial charge in [0.2, 0.25) is 17.7 Å². The molecule has 13 nitrogen and oxygen atoms in total. The lowest BCUT2D eigenvalue weighted by Gasteiger charge is -2.41. The van der Waals surface area contributed by atoms with E-state index < -0.39 is 77.9 Å². The summed E-state index contributed by atoms with van der Waals surface area (Å²) in [5.74, 6) is -5.61. The molecule has 15 heteroatoms. The molecule has 0 aliphatic rings. The number of hydrogen-bond donors (Lipinski definition) is 6. The summed E-state index contributed by atoms with van der Waals surface area (Å²) in [6.07, 6.45) is 0.758. The van der Waals surface area contributed by atoms with E-state index in [-0.39, 0.29) is 44.0 Å². The molecule has 1 aromatic heterocycles. The van der Waals surface area contributed by atoms with Crippen molar-refractivity contribution in [2.75, 3.05) is 19.7 Å². The van der Waals surface area contributed by atoms with E-state index in [4.69, 9.17) is 5.11 Å². The predicted molar refractivity (Wildman–Crippen MR) is 197 cm³/mol. The van der Waals surface area contributed by atoms with Gasteiger partial charge in [0.25, 0.3) is 0 Å². The zero-order chi connectivity index (χ0) is 40.2. The average molecular weight is 756 g/mol.